The Bertz CT molecular complexity index is 278. The molecule has 22 heavy (non-hydrogen) atoms. The summed E-state index contributed by atoms with van der Waals surface area (Å²) >= 11 is 0. The summed E-state index contributed by atoms with van der Waals surface area (Å²) in [4.78, 5) is 0. The minimum Gasteiger partial charge on any atom is -0.377 e. The second-order valence-electron chi connectivity index (χ2n) is 6.03. The summed E-state index contributed by atoms with van der Waals surface area (Å²) in [5, 5.41) is 0. The highest BCUT2D eigenvalue weighted by molar-refractivity contribution is 4.92. The zero-order chi connectivity index (χ0) is 16.3. The predicted octanol–water partition coefficient (Wildman–Crippen LogP) is 7.00. The van der Waals surface area contributed by atoms with Crippen molar-refractivity contribution in [2.45, 2.75) is 90.1 Å². The molecule has 0 aromatic heterocycles. The molecule has 0 rings (SSSR count). The first-order valence-corrected chi connectivity index (χ1v) is 9.30. The second kappa shape index (κ2) is 18.2. The van der Waals surface area contributed by atoms with Crippen LogP contribution in [0.25, 0.3) is 0 Å². The number of unbranched alkanes of at least 4 members (excludes halogenated alkanes) is 8. The zero-order valence-electron chi connectivity index (χ0n) is 15.1. The van der Waals surface area contributed by atoms with Gasteiger partial charge in [-0.05, 0) is 38.5 Å². The number of hydrogen-bond donors (Lipinski definition) is 0. The first kappa shape index (κ1) is 21.2. The Morgan fingerprint density at radius 3 is 2.00 bits per heavy atom. The summed E-state index contributed by atoms with van der Waals surface area (Å²) in [6.45, 7) is 6.04. The molecular formula is C21H38O. The van der Waals surface area contributed by atoms with Crippen molar-refractivity contribution >= 4 is 0 Å². The Kier molecular flexibility index (Phi) is 17.6. The van der Waals surface area contributed by atoms with Crippen LogP contribution < -0.4 is 0 Å². The molecule has 1 atom stereocenters. The number of hydrogen-bond acceptors (Lipinski definition) is 1. The summed E-state index contributed by atoms with van der Waals surface area (Å²) in [6.07, 6.45) is 26.7. The fourth-order valence-electron chi connectivity index (χ4n) is 2.49. The maximum Gasteiger partial charge on any atom is 0.0749 e. The third-order valence-electron chi connectivity index (χ3n) is 4.00. The third-order valence-corrected chi connectivity index (χ3v) is 4.00. The average molecular weight is 307 g/mol. The Morgan fingerprint density at radius 2 is 1.41 bits per heavy atom. The van der Waals surface area contributed by atoms with Gasteiger partial charge in [0.25, 0.3) is 0 Å². The Hall–Kier alpha value is -0.820. The van der Waals surface area contributed by atoms with Gasteiger partial charge in [-0.15, -0.1) is 6.58 Å². The fraction of sp³-hybridized carbons (Fsp3) is 0.714. The van der Waals surface area contributed by atoms with E-state index in [0.29, 0.717) is 0 Å². The van der Waals surface area contributed by atoms with Crippen molar-refractivity contribution in [2.24, 2.45) is 0 Å². The first-order valence-electron chi connectivity index (χ1n) is 9.30. The largest absolute Gasteiger partial charge is 0.377 e. The molecule has 128 valence electrons. The van der Waals surface area contributed by atoms with Crippen LogP contribution in [0.15, 0.2) is 37.0 Å². The second-order valence-corrected chi connectivity index (χ2v) is 6.03. The molecule has 1 heteroatoms. The molecule has 0 spiro atoms. The van der Waals surface area contributed by atoms with Gasteiger partial charge < -0.3 is 4.74 Å². The summed E-state index contributed by atoms with van der Waals surface area (Å²) < 4.78 is 5.29. The molecule has 0 aliphatic rings. The van der Waals surface area contributed by atoms with Crippen molar-refractivity contribution in [2.75, 3.05) is 7.11 Å². The van der Waals surface area contributed by atoms with Gasteiger partial charge in [0.05, 0.1) is 6.10 Å². The molecule has 0 saturated carbocycles. The van der Waals surface area contributed by atoms with Gasteiger partial charge >= 0.3 is 0 Å². The van der Waals surface area contributed by atoms with Gasteiger partial charge in [0, 0.05) is 7.11 Å². The quantitative estimate of drug-likeness (QED) is 0.220. The molecule has 0 aliphatic heterocycles. The number of allylic oxidation sites excluding steroid dienone is 4. The van der Waals surface area contributed by atoms with Crippen molar-refractivity contribution in [3.8, 4) is 0 Å². The highest BCUT2D eigenvalue weighted by Crippen LogP contribution is 2.11. The third kappa shape index (κ3) is 15.6. The molecule has 0 aromatic rings. The highest BCUT2D eigenvalue weighted by atomic mass is 16.5. The first-order chi connectivity index (χ1) is 10.8. The van der Waals surface area contributed by atoms with E-state index in [1.807, 2.05) is 6.08 Å². The fourth-order valence-corrected chi connectivity index (χ4v) is 2.49. The van der Waals surface area contributed by atoms with E-state index in [1.165, 1.54) is 64.2 Å². The van der Waals surface area contributed by atoms with E-state index in [-0.39, 0.29) is 6.10 Å². The molecule has 0 fully saturated rings. The Morgan fingerprint density at radius 1 is 0.818 bits per heavy atom. The van der Waals surface area contributed by atoms with Crippen LogP contribution in [0.1, 0.15) is 84.0 Å². The van der Waals surface area contributed by atoms with Crippen LogP contribution in [-0.4, -0.2) is 13.2 Å². The van der Waals surface area contributed by atoms with Crippen molar-refractivity contribution in [1.29, 1.82) is 0 Å². The molecule has 0 amide bonds. The summed E-state index contributed by atoms with van der Waals surface area (Å²) in [5.41, 5.74) is 0. The summed E-state index contributed by atoms with van der Waals surface area (Å²) in [7, 11) is 1.76. The van der Waals surface area contributed by atoms with Gasteiger partial charge in [0.2, 0.25) is 0 Å². The topological polar surface area (TPSA) is 9.23 Å². The van der Waals surface area contributed by atoms with Gasteiger partial charge in [0.15, 0.2) is 0 Å². The van der Waals surface area contributed by atoms with E-state index in [9.17, 15) is 0 Å². The normalized spacial score (nSPS) is 13.2. The lowest BCUT2D eigenvalue weighted by molar-refractivity contribution is 0.131. The van der Waals surface area contributed by atoms with Gasteiger partial charge in [0.1, 0.15) is 0 Å². The van der Waals surface area contributed by atoms with Crippen LogP contribution in [0.5, 0.6) is 0 Å². The maximum absolute atomic E-state index is 5.29. The summed E-state index contributed by atoms with van der Waals surface area (Å²) in [6, 6.07) is 0. The van der Waals surface area contributed by atoms with Gasteiger partial charge in [-0.1, -0.05) is 75.8 Å². The Labute approximate surface area is 139 Å². The van der Waals surface area contributed by atoms with Crippen molar-refractivity contribution in [1.82, 2.24) is 0 Å². The molecule has 0 aromatic carbocycles. The summed E-state index contributed by atoms with van der Waals surface area (Å²) in [5.74, 6) is 0. The van der Waals surface area contributed by atoms with Crippen LogP contribution >= 0.6 is 0 Å². The smallest absolute Gasteiger partial charge is 0.0749 e. The van der Waals surface area contributed by atoms with E-state index in [0.717, 1.165) is 12.8 Å². The lowest BCUT2D eigenvalue weighted by Gasteiger charge is -2.09. The van der Waals surface area contributed by atoms with E-state index in [2.05, 4.69) is 37.8 Å². The van der Waals surface area contributed by atoms with Crippen LogP contribution in [-0.2, 0) is 4.74 Å². The van der Waals surface area contributed by atoms with Crippen LogP contribution in [0.2, 0.25) is 0 Å². The molecule has 0 bridgehead atoms. The van der Waals surface area contributed by atoms with Crippen molar-refractivity contribution in [3.63, 3.8) is 0 Å². The van der Waals surface area contributed by atoms with Crippen molar-refractivity contribution in [3.05, 3.63) is 37.0 Å². The molecule has 1 nitrogen and oxygen atoms in total. The molecule has 0 radical (unpaired) electrons. The predicted molar refractivity (Wildman–Crippen MR) is 100 cm³/mol. The minimum absolute atomic E-state index is 0.248. The SMILES string of the molecule is C=CC(CCCCCCC/C=C\C/C=C\CCCCC)OC. The molecule has 0 saturated heterocycles. The van der Waals surface area contributed by atoms with E-state index in [4.69, 9.17) is 4.74 Å². The molecule has 0 heterocycles. The molecule has 0 N–H and O–H groups in total. The lowest BCUT2D eigenvalue weighted by atomic mass is 10.1. The average Bonchev–Trinajstić information content (AvgIpc) is 2.55. The van der Waals surface area contributed by atoms with Gasteiger partial charge in [-0.2, -0.15) is 0 Å². The van der Waals surface area contributed by atoms with E-state index in [1.54, 1.807) is 7.11 Å². The van der Waals surface area contributed by atoms with Crippen molar-refractivity contribution < 1.29 is 4.74 Å². The molecular weight excluding hydrogens is 268 g/mol. The number of ether oxygens (including phenoxy) is 1. The van der Waals surface area contributed by atoms with Crippen LogP contribution in [0, 0.1) is 0 Å². The number of rotatable bonds is 16. The minimum atomic E-state index is 0.248. The molecule has 0 aliphatic carbocycles. The molecule has 1 unspecified atom stereocenters. The van der Waals surface area contributed by atoms with Crippen LogP contribution in [0.3, 0.4) is 0 Å². The zero-order valence-corrected chi connectivity index (χ0v) is 15.1. The lowest BCUT2D eigenvalue weighted by Crippen LogP contribution is -2.05. The van der Waals surface area contributed by atoms with E-state index < -0.39 is 0 Å². The van der Waals surface area contributed by atoms with Crippen LogP contribution in [0.4, 0.5) is 0 Å². The van der Waals surface area contributed by atoms with Gasteiger partial charge in [-0.25, -0.2) is 0 Å². The number of methoxy groups -OCH3 is 1. The maximum atomic E-state index is 5.29. The highest BCUT2D eigenvalue weighted by Gasteiger charge is 2.00. The van der Waals surface area contributed by atoms with Gasteiger partial charge in [-0.3, -0.25) is 0 Å². The standard InChI is InChI=1S/C21H38O/c1-4-6-7-8-9-10-11-12-13-14-15-16-17-18-19-20-21(5-2)22-3/h5,9-10,12-13,21H,2,4,6-8,11,14-20H2,1,3H3/b10-9-,13-12-. The Balaban J connectivity index is 3.25. The van der Waals surface area contributed by atoms with E-state index >= 15 is 0 Å². The monoisotopic (exact) mass is 306 g/mol.